The van der Waals surface area contributed by atoms with Crippen molar-refractivity contribution in [2.45, 2.75) is 24.3 Å². The molecule has 0 aliphatic carbocycles. The van der Waals surface area contributed by atoms with Gasteiger partial charge in [-0.05, 0) is 5.25 Å². The van der Waals surface area contributed by atoms with Crippen LogP contribution in [0.15, 0.2) is 0 Å². The van der Waals surface area contributed by atoms with Crippen LogP contribution in [0.25, 0.3) is 0 Å². The van der Waals surface area contributed by atoms with E-state index in [2.05, 4.69) is 37.4 Å². The fourth-order valence-corrected chi connectivity index (χ4v) is 3.08. The third kappa shape index (κ3) is 1.90. The second-order valence-corrected chi connectivity index (χ2v) is 5.30. The van der Waals surface area contributed by atoms with Crippen LogP contribution in [0.5, 0.6) is 0 Å². The van der Waals surface area contributed by atoms with Gasteiger partial charge in [0.1, 0.15) is 0 Å². The Balaban J connectivity index is 2.01. The van der Waals surface area contributed by atoms with Crippen molar-refractivity contribution in [1.29, 1.82) is 0 Å². The molecular weight excluding hydrogens is 136 g/mol. The monoisotopic (exact) mass is 148 g/mol. The zero-order chi connectivity index (χ0) is 5.98. The standard InChI is InChI=1S/C6H12S2/c1-5(2)8-6-3-7-4-6/h5-6H,3-4H2,1-2H3. The van der Waals surface area contributed by atoms with Crippen molar-refractivity contribution in [1.82, 2.24) is 0 Å². The molecule has 0 nitrogen and oxygen atoms in total. The Kier molecular flexibility index (Phi) is 2.57. The van der Waals surface area contributed by atoms with E-state index in [0.717, 1.165) is 10.5 Å². The van der Waals surface area contributed by atoms with E-state index in [1.807, 2.05) is 0 Å². The van der Waals surface area contributed by atoms with Crippen LogP contribution in [-0.4, -0.2) is 22.0 Å². The van der Waals surface area contributed by atoms with Gasteiger partial charge < -0.3 is 0 Å². The van der Waals surface area contributed by atoms with Crippen LogP contribution in [0.1, 0.15) is 13.8 Å². The van der Waals surface area contributed by atoms with Crippen LogP contribution >= 0.6 is 23.5 Å². The zero-order valence-electron chi connectivity index (χ0n) is 5.39. The molecule has 0 unspecified atom stereocenters. The van der Waals surface area contributed by atoms with E-state index in [1.165, 1.54) is 11.5 Å². The predicted molar refractivity (Wildman–Crippen MR) is 43.8 cm³/mol. The van der Waals surface area contributed by atoms with E-state index < -0.39 is 0 Å². The minimum Gasteiger partial charge on any atom is -0.160 e. The first kappa shape index (κ1) is 6.81. The molecule has 0 atom stereocenters. The van der Waals surface area contributed by atoms with Gasteiger partial charge in [-0.25, -0.2) is 0 Å². The highest BCUT2D eigenvalue weighted by molar-refractivity contribution is 8.07. The van der Waals surface area contributed by atoms with Crippen molar-refractivity contribution in [3.63, 3.8) is 0 Å². The third-order valence-corrected chi connectivity index (χ3v) is 4.03. The fourth-order valence-electron chi connectivity index (χ4n) is 0.678. The highest BCUT2D eigenvalue weighted by Crippen LogP contribution is 2.31. The third-order valence-electron chi connectivity index (χ3n) is 1.07. The summed E-state index contributed by atoms with van der Waals surface area (Å²) in [5.41, 5.74) is 0. The molecule has 0 spiro atoms. The van der Waals surface area contributed by atoms with E-state index in [9.17, 15) is 0 Å². The Labute approximate surface area is 59.8 Å². The summed E-state index contributed by atoms with van der Waals surface area (Å²) in [4.78, 5) is 0. The summed E-state index contributed by atoms with van der Waals surface area (Å²) < 4.78 is 0. The van der Waals surface area contributed by atoms with E-state index in [1.54, 1.807) is 0 Å². The van der Waals surface area contributed by atoms with Crippen LogP contribution in [0.3, 0.4) is 0 Å². The highest BCUT2D eigenvalue weighted by Gasteiger charge is 2.18. The van der Waals surface area contributed by atoms with Crippen molar-refractivity contribution in [3.8, 4) is 0 Å². The molecule has 1 saturated heterocycles. The lowest BCUT2D eigenvalue weighted by molar-refractivity contribution is 1.04. The molecule has 0 aromatic heterocycles. The van der Waals surface area contributed by atoms with Crippen LogP contribution in [-0.2, 0) is 0 Å². The molecular formula is C6H12S2. The summed E-state index contributed by atoms with van der Waals surface area (Å²) in [5, 5.41) is 1.82. The SMILES string of the molecule is CC(C)SC1CSC1. The number of thioether (sulfide) groups is 2. The first-order chi connectivity index (χ1) is 3.79. The second-order valence-electron chi connectivity index (χ2n) is 2.34. The van der Waals surface area contributed by atoms with Crippen LogP contribution in [0, 0.1) is 0 Å². The smallest absolute Gasteiger partial charge is 0.0231 e. The van der Waals surface area contributed by atoms with Gasteiger partial charge in [0.2, 0.25) is 0 Å². The lowest BCUT2D eigenvalue weighted by Gasteiger charge is -2.25. The Morgan fingerprint density at radius 3 is 2.25 bits per heavy atom. The minimum atomic E-state index is 0.834. The summed E-state index contributed by atoms with van der Waals surface area (Å²) in [6, 6.07) is 0. The van der Waals surface area contributed by atoms with Gasteiger partial charge in [0.05, 0.1) is 0 Å². The molecule has 1 aliphatic heterocycles. The van der Waals surface area contributed by atoms with Gasteiger partial charge in [-0.3, -0.25) is 0 Å². The molecule has 48 valence electrons. The van der Waals surface area contributed by atoms with Gasteiger partial charge in [0.15, 0.2) is 0 Å². The zero-order valence-corrected chi connectivity index (χ0v) is 7.02. The second kappa shape index (κ2) is 3.02. The minimum absolute atomic E-state index is 0.834. The molecule has 1 heterocycles. The van der Waals surface area contributed by atoms with Gasteiger partial charge in [-0.2, -0.15) is 23.5 Å². The van der Waals surface area contributed by atoms with Gasteiger partial charge in [-0.1, -0.05) is 13.8 Å². The maximum atomic E-state index is 2.27. The highest BCUT2D eigenvalue weighted by atomic mass is 32.2. The quantitative estimate of drug-likeness (QED) is 0.589. The lowest BCUT2D eigenvalue weighted by Crippen LogP contribution is -2.22. The van der Waals surface area contributed by atoms with Gasteiger partial charge in [0, 0.05) is 16.8 Å². The molecule has 8 heavy (non-hydrogen) atoms. The Hall–Kier alpha value is 0.700. The van der Waals surface area contributed by atoms with E-state index in [4.69, 9.17) is 0 Å². The molecule has 0 saturated carbocycles. The summed E-state index contributed by atoms with van der Waals surface area (Å²) in [6.45, 7) is 4.54. The molecule has 0 bridgehead atoms. The van der Waals surface area contributed by atoms with Crippen molar-refractivity contribution < 1.29 is 0 Å². The molecule has 1 aliphatic rings. The summed E-state index contributed by atoms with van der Waals surface area (Å²) >= 11 is 4.19. The van der Waals surface area contributed by atoms with E-state index in [0.29, 0.717) is 0 Å². The predicted octanol–water partition coefficient (Wildman–Crippen LogP) is 2.24. The van der Waals surface area contributed by atoms with Crippen molar-refractivity contribution in [2.24, 2.45) is 0 Å². The molecule has 0 amide bonds. The van der Waals surface area contributed by atoms with E-state index >= 15 is 0 Å². The van der Waals surface area contributed by atoms with Gasteiger partial charge in [-0.15, -0.1) is 0 Å². The van der Waals surface area contributed by atoms with Crippen LogP contribution in [0.2, 0.25) is 0 Å². The summed E-state index contributed by atoms with van der Waals surface area (Å²) in [5.74, 6) is 2.78. The normalized spacial score (nSPS) is 21.4. The first-order valence-electron chi connectivity index (χ1n) is 3.02. The molecule has 1 fully saturated rings. The number of rotatable bonds is 2. The Morgan fingerprint density at radius 1 is 1.50 bits per heavy atom. The first-order valence-corrected chi connectivity index (χ1v) is 5.12. The van der Waals surface area contributed by atoms with Crippen LogP contribution < -0.4 is 0 Å². The average molecular weight is 148 g/mol. The average Bonchev–Trinajstić information content (AvgIpc) is 1.55. The van der Waals surface area contributed by atoms with Gasteiger partial charge in [0.25, 0.3) is 0 Å². The fraction of sp³-hybridized carbons (Fsp3) is 1.00. The van der Waals surface area contributed by atoms with Crippen LogP contribution in [0.4, 0.5) is 0 Å². The molecule has 0 radical (unpaired) electrons. The number of hydrogen-bond donors (Lipinski definition) is 0. The lowest BCUT2D eigenvalue weighted by atomic mass is 10.5. The van der Waals surface area contributed by atoms with Crippen molar-refractivity contribution in [2.75, 3.05) is 11.5 Å². The molecule has 2 heteroatoms. The Bertz CT molecular complexity index is 66.9. The number of hydrogen-bond acceptors (Lipinski definition) is 2. The van der Waals surface area contributed by atoms with Crippen molar-refractivity contribution in [3.05, 3.63) is 0 Å². The molecule has 0 aromatic rings. The maximum absolute atomic E-state index is 2.27. The molecule has 0 N–H and O–H groups in total. The van der Waals surface area contributed by atoms with Gasteiger partial charge >= 0.3 is 0 Å². The Morgan fingerprint density at radius 2 is 2.12 bits per heavy atom. The van der Waals surface area contributed by atoms with Crippen molar-refractivity contribution >= 4 is 23.5 Å². The summed E-state index contributed by atoms with van der Waals surface area (Å²) in [7, 11) is 0. The maximum Gasteiger partial charge on any atom is 0.0231 e. The van der Waals surface area contributed by atoms with E-state index in [-0.39, 0.29) is 0 Å². The molecule has 1 rings (SSSR count). The topological polar surface area (TPSA) is 0 Å². The largest absolute Gasteiger partial charge is 0.160 e. The molecule has 0 aromatic carbocycles. The summed E-state index contributed by atoms with van der Waals surface area (Å²) in [6.07, 6.45) is 0.